The van der Waals surface area contributed by atoms with Gasteiger partial charge in [0, 0.05) is 36.6 Å². The first kappa shape index (κ1) is 21.9. The van der Waals surface area contributed by atoms with Crippen LogP contribution < -0.4 is 5.73 Å². The lowest BCUT2D eigenvalue weighted by atomic mass is 9.78. The van der Waals surface area contributed by atoms with Gasteiger partial charge >= 0.3 is 0 Å². The summed E-state index contributed by atoms with van der Waals surface area (Å²) < 4.78 is 5.99. The molecule has 0 spiro atoms. The lowest BCUT2D eigenvalue weighted by Crippen LogP contribution is -2.35. The van der Waals surface area contributed by atoms with Crippen molar-refractivity contribution in [3.05, 3.63) is 71.2 Å². The van der Waals surface area contributed by atoms with E-state index >= 15 is 0 Å². The minimum Gasteiger partial charge on any atom is -0.489 e. The largest absolute Gasteiger partial charge is 0.489 e. The zero-order valence-electron chi connectivity index (χ0n) is 18.4. The van der Waals surface area contributed by atoms with Gasteiger partial charge in [-0.15, -0.1) is 0 Å². The number of carbonyl (C=O) groups is 1. The topological polar surface area (TPSA) is 67.9 Å². The standard InChI is InChI=1S/C25H33N3O2/c1-4-13-28(14-5-2)24(29)20-15-23(26)27-22-16-21(11-12-25(22,3)17-20)30-18-19-9-7-6-8-10-19/h6-11,16-17H,4-5,12-15,18H2,1-3H3,(H2,26,27). The third kappa shape index (κ3) is 5.21. The van der Waals surface area contributed by atoms with Gasteiger partial charge in [0.2, 0.25) is 5.91 Å². The number of hydrogen-bond donors (Lipinski definition) is 1. The van der Waals surface area contributed by atoms with E-state index in [4.69, 9.17) is 10.5 Å². The Kier molecular flexibility index (Phi) is 7.14. The summed E-state index contributed by atoms with van der Waals surface area (Å²) in [6.07, 6.45) is 9.10. The van der Waals surface area contributed by atoms with E-state index < -0.39 is 0 Å². The van der Waals surface area contributed by atoms with E-state index in [0.29, 0.717) is 18.9 Å². The molecule has 0 saturated heterocycles. The van der Waals surface area contributed by atoms with Crippen molar-refractivity contribution in [3.63, 3.8) is 0 Å². The smallest absolute Gasteiger partial charge is 0.249 e. The van der Waals surface area contributed by atoms with Crippen LogP contribution in [0.25, 0.3) is 0 Å². The molecule has 5 heteroatoms. The number of carbonyl (C=O) groups excluding carboxylic acids is 1. The van der Waals surface area contributed by atoms with Crippen molar-refractivity contribution < 1.29 is 9.53 Å². The third-order valence-corrected chi connectivity index (χ3v) is 5.52. The predicted octanol–water partition coefficient (Wildman–Crippen LogP) is 4.72. The summed E-state index contributed by atoms with van der Waals surface area (Å²) in [7, 11) is 0. The summed E-state index contributed by atoms with van der Waals surface area (Å²) in [5.74, 6) is 1.35. The van der Waals surface area contributed by atoms with Crippen LogP contribution in [0.4, 0.5) is 0 Å². The molecule has 1 aliphatic carbocycles. The van der Waals surface area contributed by atoms with Gasteiger partial charge < -0.3 is 15.4 Å². The monoisotopic (exact) mass is 407 g/mol. The van der Waals surface area contributed by atoms with Gasteiger partial charge in [-0.3, -0.25) is 4.79 Å². The number of nitrogens with zero attached hydrogens (tertiary/aromatic N) is 2. The molecule has 2 N–H and O–H groups in total. The molecule has 1 atom stereocenters. The van der Waals surface area contributed by atoms with Crippen LogP contribution in [0.2, 0.25) is 0 Å². The molecule has 0 aromatic heterocycles. The molecule has 1 aromatic rings. The molecule has 3 rings (SSSR count). The number of aliphatic imine (C=N–C) groups is 1. The van der Waals surface area contributed by atoms with Crippen molar-refractivity contribution in [2.75, 3.05) is 13.1 Å². The van der Waals surface area contributed by atoms with Gasteiger partial charge in [-0.2, -0.15) is 0 Å². The maximum Gasteiger partial charge on any atom is 0.249 e. The number of allylic oxidation sites excluding steroid dienone is 3. The SMILES string of the molecule is CCCN(CCC)C(=O)C1=CC2(C)CC=C(OCc3ccccc3)C=C2N=C(N)C1. The highest BCUT2D eigenvalue weighted by atomic mass is 16.5. The quantitative estimate of drug-likeness (QED) is 0.678. The fourth-order valence-corrected chi connectivity index (χ4v) is 3.93. The molecule has 160 valence electrons. The summed E-state index contributed by atoms with van der Waals surface area (Å²) >= 11 is 0. The van der Waals surface area contributed by atoms with Gasteiger partial charge in [-0.25, -0.2) is 4.99 Å². The number of benzene rings is 1. The predicted molar refractivity (Wildman–Crippen MR) is 122 cm³/mol. The molecule has 2 aliphatic rings. The Balaban J connectivity index is 1.80. The van der Waals surface area contributed by atoms with Crippen LogP contribution in [-0.2, 0) is 16.1 Å². The number of nitrogens with two attached hydrogens (primary N) is 1. The Morgan fingerprint density at radius 2 is 1.90 bits per heavy atom. The van der Waals surface area contributed by atoms with Crippen LogP contribution in [0, 0.1) is 5.41 Å². The maximum atomic E-state index is 13.2. The average molecular weight is 408 g/mol. The van der Waals surface area contributed by atoms with E-state index in [1.807, 2.05) is 41.3 Å². The van der Waals surface area contributed by atoms with Crippen LogP contribution in [0.15, 0.2) is 70.6 Å². The number of rotatable bonds is 8. The van der Waals surface area contributed by atoms with E-state index in [0.717, 1.165) is 54.9 Å². The molecule has 0 bridgehead atoms. The fraction of sp³-hybridized carbons (Fsp3) is 0.440. The van der Waals surface area contributed by atoms with E-state index in [1.54, 1.807) is 0 Å². The maximum absolute atomic E-state index is 13.2. The highest BCUT2D eigenvalue weighted by Gasteiger charge is 2.34. The second kappa shape index (κ2) is 9.79. The molecule has 5 nitrogen and oxygen atoms in total. The van der Waals surface area contributed by atoms with E-state index in [1.165, 1.54) is 0 Å². The highest BCUT2D eigenvalue weighted by Crippen LogP contribution is 2.41. The molecule has 1 aromatic carbocycles. The van der Waals surface area contributed by atoms with E-state index in [9.17, 15) is 4.79 Å². The number of amidine groups is 1. The minimum atomic E-state index is -0.365. The van der Waals surface area contributed by atoms with Crippen molar-refractivity contribution in [2.24, 2.45) is 16.1 Å². The summed E-state index contributed by atoms with van der Waals surface area (Å²) in [4.78, 5) is 19.8. The lowest BCUT2D eigenvalue weighted by molar-refractivity contribution is -0.127. The molecular weight excluding hydrogens is 374 g/mol. The number of ether oxygens (including phenoxy) is 1. The van der Waals surface area contributed by atoms with Crippen LogP contribution in [0.3, 0.4) is 0 Å². The molecule has 30 heavy (non-hydrogen) atoms. The Hall–Kier alpha value is -2.82. The number of fused-ring (bicyclic) bond motifs is 1. The van der Waals surface area contributed by atoms with Crippen molar-refractivity contribution >= 4 is 11.7 Å². The fourth-order valence-electron chi connectivity index (χ4n) is 3.93. The van der Waals surface area contributed by atoms with Crippen LogP contribution in [0.5, 0.6) is 0 Å². The first-order chi connectivity index (χ1) is 14.4. The molecule has 0 saturated carbocycles. The Morgan fingerprint density at radius 3 is 2.57 bits per heavy atom. The van der Waals surface area contributed by atoms with E-state index in [2.05, 4.69) is 37.9 Å². The van der Waals surface area contributed by atoms with Gasteiger partial charge in [-0.05, 0) is 30.9 Å². The Labute approximate surface area is 180 Å². The van der Waals surface area contributed by atoms with Gasteiger partial charge in [0.15, 0.2) is 0 Å². The molecule has 1 unspecified atom stereocenters. The molecular formula is C25H33N3O2. The molecule has 1 aliphatic heterocycles. The zero-order chi connectivity index (χ0) is 21.6. The van der Waals surface area contributed by atoms with Crippen molar-refractivity contribution in [1.82, 2.24) is 4.90 Å². The van der Waals surface area contributed by atoms with Gasteiger partial charge in [0.05, 0.1) is 5.70 Å². The minimum absolute atomic E-state index is 0.0782. The van der Waals surface area contributed by atoms with Crippen molar-refractivity contribution in [2.45, 2.75) is 53.1 Å². The van der Waals surface area contributed by atoms with E-state index in [-0.39, 0.29) is 11.3 Å². The first-order valence-corrected chi connectivity index (χ1v) is 10.9. The highest BCUT2D eigenvalue weighted by molar-refractivity contribution is 6.00. The normalized spacial score (nSPS) is 20.8. The second-order valence-electron chi connectivity index (χ2n) is 8.27. The van der Waals surface area contributed by atoms with Gasteiger partial charge in [0.25, 0.3) is 0 Å². The van der Waals surface area contributed by atoms with Crippen LogP contribution in [-0.4, -0.2) is 29.7 Å². The first-order valence-electron chi connectivity index (χ1n) is 10.9. The zero-order valence-corrected chi connectivity index (χ0v) is 18.4. The number of hydrogen-bond acceptors (Lipinski definition) is 4. The summed E-state index contributed by atoms with van der Waals surface area (Å²) in [5, 5.41) is 0. The average Bonchev–Trinajstić information content (AvgIpc) is 2.87. The molecule has 0 fully saturated rings. The van der Waals surface area contributed by atoms with Crippen LogP contribution >= 0.6 is 0 Å². The summed E-state index contributed by atoms with van der Waals surface area (Å²) in [5.41, 5.74) is 8.57. The van der Waals surface area contributed by atoms with Gasteiger partial charge in [-0.1, -0.05) is 57.2 Å². The van der Waals surface area contributed by atoms with Gasteiger partial charge in [0.1, 0.15) is 18.2 Å². The summed E-state index contributed by atoms with van der Waals surface area (Å²) in [6.45, 7) is 8.34. The number of amides is 1. The molecule has 0 radical (unpaired) electrons. The Bertz CT molecular complexity index is 877. The van der Waals surface area contributed by atoms with Crippen LogP contribution in [0.1, 0.15) is 52.0 Å². The molecule has 1 heterocycles. The lowest BCUT2D eigenvalue weighted by Gasteiger charge is -2.30. The third-order valence-electron chi connectivity index (χ3n) is 5.52. The summed E-state index contributed by atoms with van der Waals surface area (Å²) in [6, 6.07) is 10.1. The van der Waals surface area contributed by atoms with Crippen molar-refractivity contribution in [3.8, 4) is 0 Å². The van der Waals surface area contributed by atoms with Crippen molar-refractivity contribution in [1.29, 1.82) is 0 Å². The molecule has 1 amide bonds. The second-order valence-corrected chi connectivity index (χ2v) is 8.27. The Morgan fingerprint density at radius 1 is 1.20 bits per heavy atom.